The second kappa shape index (κ2) is 4.96. The quantitative estimate of drug-likeness (QED) is 0.841. The first kappa shape index (κ1) is 14.6. The van der Waals surface area contributed by atoms with Crippen LogP contribution in [0.4, 0.5) is 13.2 Å². The van der Waals surface area contributed by atoms with Gasteiger partial charge in [0, 0.05) is 19.6 Å². The monoisotopic (exact) mass is 278 g/mol. The highest BCUT2D eigenvalue weighted by atomic mass is 19.4. The molecule has 1 aliphatic carbocycles. The highest BCUT2D eigenvalue weighted by Crippen LogP contribution is 2.46. The third kappa shape index (κ3) is 2.73. The zero-order chi connectivity index (χ0) is 14.3. The molecule has 2 N–H and O–H groups in total. The smallest absolute Gasteiger partial charge is 0.342 e. The minimum absolute atomic E-state index is 0.124. The van der Waals surface area contributed by atoms with Gasteiger partial charge in [-0.25, -0.2) is 0 Å². The molecule has 0 aromatic rings. The number of nitrogens with two attached hydrogens (primary N) is 1. The zero-order valence-corrected chi connectivity index (χ0v) is 11.2. The van der Waals surface area contributed by atoms with E-state index < -0.39 is 17.5 Å². The number of hydrogen-bond donors (Lipinski definition) is 1. The Morgan fingerprint density at radius 1 is 1.42 bits per heavy atom. The molecular weight excluding hydrogens is 257 g/mol. The summed E-state index contributed by atoms with van der Waals surface area (Å²) in [5.74, 6) is -1.10. The van der Waals surface area contributed by atoms with Gasteiger partial charge in [0.2, 0.25) is 5.91 Å². The Kier molecular flexibility index (Phi) is 3.82. The number of carbonyl (C=O) groups excluding carboxylic acids is 1. The molecule has 0 radical (unpaired) electrons. The number of nitrogens with zero attached hydrogens (tertiary/aromatic N) is 1. The summed E-state index contributed by atoms with van der Waals surface area (Å²) < 4.78 is 38.3. The van der Waals surface area contributed by atoms with Gasteiger partial charge in [-0.3, -0.25) is 4.79 Å². The fourth-order valence-electron chi connectivity index (χ4n) is 3.47. The number of piperidine rings is 1. The topological polar surface area (TPSA) is 46.3 Å². The Labute approximate surface area is 111 Å². The second-order valence-corrected chi connectivity index (χ2v) is 6.13. The third-order valence-corrected chi connectivity index (χ3v) is 4.49. The summed E-state index contributed by atoms with van der Waals surface area (Å²) in [6, 6.07) is 0. The van der Waals surface area contributed by atoms with Crippen LogP contribution in [0.5, 0.6) is 0 Å². The molecule has 1 amide bonds. The molecule has 6 heteroatoms. The molecule has 1 aliphatic heterocycles. The molecule has 1 unspecified atom stereocenters. The van der Waals surface area contributed by atoms with Gasteiger partial charge in [-0.15, -0.1) is 0 Å². The molecule has 0 bridgehead atoms. The van der Waals surface area contributed by atoms with Crippen molar-refractivity contribution in [3.05, 3.63) is 0 Å². The van der Waals surface area contributed by atoms with Crippen molar-refractivity contribution in [2.24, 2.45) is 23.0 Å². The maximum atomic E-state index is 12.8. The average molecular weight is 278 g/mol. The molecule has 1 saturated heterocycles. The molecule has 0 spiro atoms. The Balaban J connectivity index is 2.03. The van der Waals surface area contributed by atoms with E-state index in [0.717, 1.165) is 0 Å². The molecule has 110 valence electrons. The van der Waals surface area contributed by atoms with Crippen molar-refractivity contribution in [1.29, 1.82) is 0 Å². The highest BCUT2D eigenvalue weighted by molar-refractivity contribution is 5.84. The molecular formula is C13H21F3N2O. The number of rotatable bonds is 2. The summed E-state index contributed by atoms with van der Waals surface area (Å²) in [4.78, 5) is 13.8. The molecule has 0 aromatic heterocycles. The van der Waals surface area contributed by atoms with Gasteiger partial charge in [-0.05, 0) is 31.6 Å². The minimum atomic E-state index is -4.21. The van der Waals surface area contributed by atoms with Crippen molar-refractivity contribution in [3.63, 3.8) is 0 Å². The van der Waals surface area contributed by atoms with Crippen LogP contribution < -0.4 is 5.73 Å². The second-order valence-electron chi connectivity index (χ2n) is 6.13. The summed E-state index contributed by atoms with van der Waals surface area (Å²) in [5, 5.41) is 0. The lowest BCUT2D eigenvalue weighted by molar-refractivity contribution is -0.191. The fourth-order valence-corrected chi connectivity index (χ4v) is 3.47. The lowest BCUT2D eigenvalue weighted by atomic mass is 9.61. The number of carbonyl (C=O) groups is 1. The van der Waals surface area contributed by atoms with Crippen molar-refractivity contribution in [2.45, 2.75) is 38.8 Å². The average Bonchev–Trinajstić information content (AvgIpc) is 2.33. The third-order valence-electron chi connectivity index (χ3n) is 4.49. The summed E-state index contributed by atoms with van der Waals surface area (Å²) in [7, 11) is 0. The summed E-state index contributed by atoms with van der Waals surface area (Å²) in [6.45, 7) is 2.51. The van der Waals surface area contributed by atoms with Crippen LogP contribution in [0.15, 0.2) is 0 Å². The van der Waals surface area contributed by atoms with Gasteiger partial charge in [0.15, 0.2) is 0 Å². The van der Waals surface area contributed by atoms with E-state index in [0.29, 0.717) is 31.7 Å². The Morgan fingerprint density at radius 2 is 2.05 bits per heavy atom. The van der Waals surface area contributed by atoms with Crippen molar-refractivity contribution >= 4 is 5.91 Å². The van der Waals surface area contributed by atoms with E-state index in [4.69, 9.17) is 5.73 Å². The first-order valence-electron chi connectivity index (χ1n) is 6.85. The molecule has 2 fully saturated rings. The number of amides is 1. The van der Waals surface area contributed by atoms with Crippen LogP contribution in [0.3, 0.4) is 0 Å². The number of likely N-dealkylation sites (tertiary alicyclic amines) is 1. The Hall–Kier alpha value is -0.780. The van der Waals surface area contributed by atoms with Crippen LogP contribution in [0.25, 0.3) is 0 Å². The normalized spacial score (nSPS) is 35.9. The fraction of sp³-hybridized carbons (Fsp3) is 0.923. The lowest BCUT2D eigenvalue weighted by Crippen LogP contribution is -2.57. The van der Waals surface area contributed by atoms with Crippen LogP contribution >= 0.6 is 0 Å². The predicted molar refractivity (Wildman–Crippen MR) is 65.2 cm³/mol. The molecule has 2 rings (SSSR count). The molecule has 0 aromatic carbocycles. The molecule has 3 nitrogen and oxygen atoms in total. The largest absolute Gasteiger partial charge is 0.393 e. The van der Waals surface area contributed by atoms with Gasteiger partial charge in [-0.1, -0.05) is 6.92 Å². The van der Waals surface area contributed by atoms with Crippen molar-refractivity contribution < 1.29 is 18.0 Å². The minimum Gasteiger partial charge on any atom is -0.342 e. The van der Waals surface area contributed by atoms with E-state index >= 15 is 0 Å². The molecule has 1 atom stereocenters. The molecule has 1 saturated carbocycles. The van der Waals surface area contributed by atoms with E-state index in [9.17, 15) is 18.0 Å². The summed E-state index contributed by atoms with van der Waals surface area (Å²) >= 11 is 0. The molecule has 19 heavy (non-hydrogen) atoms. The van der Waals surface area contributed by atoms with Gasteiger partial charge in [0.25, 0.3) is 0 Å². The van der Waals surface area contributed by atoms with E-state index in [1.807, 2.05) is 6.92 Å². The van der Waals surface area contributed by atoms with Crippen molar-refractivity contribution in [1.82, 2.24) is 4.90 Å². The Bertz CT molecular complexity index is 350. The molecule has 2 aliphatic rings. The van der Waals surface area contributed by atoms with Crippen LogP contribution in [0.2, 0.25) is 0 Å². The van der Waals surface area contributed by atoms with E-state index in [2.05, 4.69) is 0 Å². The maximum Gasteiger partial charge on any atom is 0.393 e. The predicted octanol–water partition coefficient (Wildman–Crippen LogP) is 2.16. The zero-order valence-electron chi connectivity index (χ0n) is 11.2. The first-order chi connectivity index (χ1) is 8.78. The van der Waals surface area contributed by atoms with Gasteiger partial charge in [0.1, 0.15) is 0 Å². The SMILES string of the molecule is CC1CC(CN)(C(=O)N2CCCC(C(F)(F)F)C2)C1. The standard InChI is InChI=1S/C13H21F3N2O/c1-9-5-12(6-9,8-17)11(19)18-4-2-3-10(7-18)13(14,15)16/h9-10H,2-8,17H2,1H3. The first-order valence-corrected chi connectivity index (χ1v) is 6.85. The van der Waals surface area contributed by atoms with Crippen molar-refractivity contribution in [3.8, 4) is 0 Å². The summed E-state index contributed by atoms with van der Waals surface area (Å²) in [5.41, 5.74) is 5.10. The number of hydrogen-bond acceptors (Lipinski definition) is 2. The van der Waals surface area contributed by atoms with Crippen LogP contribution in [-0.4, -0.2) is 36.6 Å². The van der Waals surface area contributed by atoms with Crippen molar-refractivity contribution in [2.75, 3.05) is 19.6 Å². The van der Waals surface area contributed by atoms with Gasteiger partial charge in [-0.2, -0.15) is 13.2 Å². The van der Waals surface area contributed by atoms with E-state index in [-0.39, 0.29) is 25.4 Å². The maximum absolute atomic E-state index is 12.8. The van der Waals surface area contributed by atoms with E-state index in [1.54, 1.807) is 0 Å². The van der Waals surface area contributed by atoms with E-state index in [1.165, 1.54) is 4.90 Å². The number of halogens is 3. The Morgan fingerprint density at radius 3 is 2.53 bits per heavy atom. The van der Waals surface area contributed by atoms with Gasteiger partial charge >= 0.3 is 6.18 Å². The van der Waals surface area contributed by atoms with Gasteiger partial charge in [0.05, 0.1) is 11.3 Å². The van der Waals surface area contributed by atoms with Crippen LogP contribution in [0.1, 0.15) is 32.6 Å². The van der Waals surface area contributed by atoms with Gasteiger partial charge < -0.3 is 10.6 Å². The summed E-state index contributed by atoms with van der Waals surface area (Å²) in [6.07, 6.45) is -2.25. The molecule has 1 heterocycles. The van der Waals surface area contributed by atoms with Crippen LogP contribution in [0, 0.1) is 17.3 Å². The highest BCUT2D eigenvalue weighted by Gasteiger charge is 2.51. The number of alkyl halides is 3. The van der Waals surface area contributed by atoms with Crippen LogP contribution in [-0.2, 0) is 4.79 Å². The lowest BCUT2D eigenvalue weighted by Gasteiger charge is -2.48.